The molecule has 21 heavy (non-hydrogen) atoms. The molecule has 1 saturated heterocycles. The van der Waals surface area contributed by atoms with Crippen LogP contribution in [0.3, 0.4) is 0 Å². The highest BCUT2D eigenvalue weighted by atomic mass is 35.5. The molecule has 0 unspecified atom stereocenters. The van der Waals surface area contributed by atoms with E-state index in [1.54, 1.807) is 12.1 Å². The molecule has 7 heteroatoms. The summed E-state index contributed by atoms with van der Waals surface area (Å²) < 4.78 is 5.09. The molecule has 1 aliphatic carbocycles. The number of urea groups is 1. The maximum absolute atomic E-state index is 12.6. The maximum atomic E-state index is 12.6. The van der Waals surface area contributed by atoms with Crippen molar-refractivity contribution in [3.05, 3.63) is 23.2 Å². The molecule has 0 aromatic heterocycles. The highest BCUT2D eigenvalue weighted by Gasteiger charge is 2.57. The lowest BCUT2D eigenvalue weighted by atomic mass is 9.66. The Morgan fingerprint density at radius 1 is 1.29 bits per heavy atom. The molecule has 0 atom stereocenters. The van der Waals surface area contributed by atoms with Crippen LogP contribution in [0.15, 0.2) is 18.2 Å². The van der Waals surface area contributed by atoms with Crippen LogP contribution in [0.5, 0.6) is 5.75 Å². The molecule has 110 valence electrons. The van der Waals surface area contributed by atoms with Crippen LogP contribution in [-0.4, -0.2) is 25.0 Å². The first-order valence-corrected chi connectivity index (χ1v) is 6.91. The molecule has 1 spiro atoms. The summed E-state index contributed by atoms with van der Waals surface area (Å²) >= 11 is 6.09. The lowest BCUT2D eigenvalue weighted by Gasteiger charge is -2.44. The Bertz CT molecular complexity index is 654. The molecule has 2 fully saturated rings. The molecule has 1 heterocycles. The van der Waals surface area contributed by atoms with Crippen molar-refractivity contribution < 1.29 is 19.1 Å². The summed E-state index contributed by atoms with van der Waals surface area (Å²) in [4.78, 5) is 37.6. The molecule has 4 amide bonds. The van der Waals surface area contributed by atoms with Crippen molar-refractivity contribution in [3.63, 3.8) is 0 Å². The second-order valence-electron chi connectivity index (χ2n) is 5.15. The first-order valence-electron chi connectivity index (χ1n) is 6.53. The number of benzene rings is 1. The fourth-order valence-corrected chi connectivity index (χ4v) is 2.86. The predicted molar refractivity (Wildman–Crippen MR) is 75.3 cm³/mol. The molecule has 1 aromatic carbocycles. The molecule has 2 aliphatic rings. The normalized spacial score (nSPS) is 20.3. The largest absolute Gasteiger partial charge is 0.497 e. The molecule has 1 aliphatic heterocycles. The van der Waals surface area contributed by atoms with E-state index in [2.05, 4.69) is 5.32 Å². The molecule has 1 saturated carbocycles. The molecule has 1 N–H and O–H groups in total. The lowest BCUT2D eigenvalue weighted by Crippen LogP contribution is -2.66. The van der Waals surface area contributed by atoms with Gasteiger partial charge in [0.15, 0.2) is 0 Å². The zero-order valence-electron chi connectivity index (χ0n) is 11.3. The lowest BCUT2D eigenvalue weighted by molar-refractivity contribution is -0.148. The number of hydrogen-bond donors (Lipinski definition) is 1. The molecular weight excluding hydrogens is 296 g/mol. The molecule has 6 nitrogen and oxygen atoms in total. The van der Waals surface area contributed by atoms with Crippen LogP contribution >= 0.6 is 11.6 Å². The van der Waals surface area contributed by atoms with Gasteiger partial charge < -0.3 is 4.74 Å². The highest BCUT2D eigenvalue weighted by Crippen LogP contribution is 2.46. The number of carbonyl (C=O) groups excluding carboxylic acids is 3. The Morgan fingerprint density at radius 2 is 2.00 bits per heavy atom. The number of halogens is 1. The van der Waals surface area contributed by atoms with E-state index >= 15 is 0 Å². The number of amides is 4. The van der Waals surface area contributed by atoms with E-state index in [4.69, 9.17) is 16.3 Å². The van der Waals surface area contributed by atoms with Gasteiger partial charge in [-0.2, -0.15) is 0 Å². The number of ether oxygens (including phenoxy) is 1. The summed E-state index contributed by atoms with van der Waals surface area (Å²) in [5.74, 6) is -0.564. The summed E-state index contributed by atoms with van der Waals surface area (Å²) in [6.45, 7) is 0. The summed E-state index contributed by atoms with van der Waals surface area (Å²) in [5, 5.41) is 2.48. The van der Waals surface area contributed by atoms with Crippen molar-refractivity contribution in [1.29, 1.82) is 0 Å². The van der Waals surface area contributed by atoms with Crippen molar-refractivity contribution in [2.75, 3.05) is 12.0 Å². The molecule has 3 rings (SSSR count). The van der Waals surface area contributed by atoms with Crippen LogP contribution in [-0.2, 0) is 9.59 Å². The van der Waals surface area contributed by atoms with Gasteiger partial charge in [-0.3, -0.25) is 14.9 Å². The van der Waals surface area contributed by atoms with Gasteiger partial charge in [-0.25, -0.2) is 9.69 Å². The van der Waals surface area contributed by atoms with E-state index in [1.165, 1.54) is 13.2 Å². The molecular formula is C14H13ClN2O4. The summed E-state index contributed by atoms with van der Waals surface area (Å²) in [6, 6.07) is 3.89. The van der Waals surface area contributed by atoms with Gasteiger partial charge in [-0.1, -0.05) is 18.0 Å². The number of anilines is 1. The van der Waals surface area contributed by atoms with Gasteiger partial charge in [0.2, 0.25) is 5.91 Å². The SMILES string of the molecule is COc1ccc(Cl)c(N2C(=O)NC(=O)C3(CCC3)C2=O)c1. The number of barbiturate groups is 1. The van der Waals surface area contributed by atoms with Gasteiger partial charge in [-0.05, 0) is 25.0 Å². The van der Waals surface area contributed by atoms with Gasteiger partial charge in [-0.15, -0.1) is 0 Å². The highest BCUT2D eigenvalue weighted by molar-refractivity contribution is 6.37. The van der Waals surface area contributed by atoms with Crippen molar-refractivity contribution in [3.8, 4) is 5.75 Å². The van der Waals surface area contributed by atoms with E-state index in [0.717, 1.165) is 11.3 Å². The van der Waals surface area contributed by atoms with Crippen molar-refractivity contribution in [2.45, 2.75) is 19.3 Å². The number of nitrogens with zero attached hydrogens (tertiary/aromatic N) is 1. The van der Waals surface area contributed by atoms with Gasteiger partial charge in [0.05, 0.1) is 17.8 Å². The Hall–Kier alpha value is -2.08. The molecule has 0 bridgehead atoms. The number of carbonyl (C=O) groups is 3. The monoisotopic (exact) mass is 308 g/mol. The average Bonchev–Trinajstić information content (AvgIpc) is 2.38. The van der Waals surface area contributed by atoms with Gasteiger partial charge in [0, 0.05) is 6.07 Å². The second kappa shape index (κ2) is 4.73. The van der Waals surface area contributed by atoms with Gasteiger partial charge >= 0.3 is 6.03 Å². The van der Waals surface area contributed by atoms with Crippen LogP contribution in [0.4, 0.5) is 10.5 Å². The minimum Gasteiger partial charge on any atom is -0.497 e. The fraction of sp³-hybridized carbons (Fsp3) is 0.357. The van der Waals surface area contributed by atoms with Gasteiger partial charge in [0.25, 0.3) is 5.91 Å². The third-order valence-electron chi connectivity index (χ3n) is 4.07. The summed E-state index contributed by atoms with van der Waals surface area (Å²) in [7, 11) is 1.47. The number of methoxy groups -OCH3 is 1. The molecule has 0 radical (unpaired) electrons. The van der Waals surface area contributed by atoms with Crippen LogP contribution in [0.25, 0.3) is 0 Å². The fourth-order valence-electron chi connectivity index (χ4n) is 2.66. The number of rotatable bonds is 2. The second-order valence-corrected chi connectivity index (χ2v) is 5.56. The van der Waals surface area contributed by atoms with Crippen LogP contribution in [0, 0.1) is 5.41 Å². The van der Waals surface area contributed by atoms with Crippen LogP contribution in [0.1, 0.15) is 19.3 Å². The van der Waals surface area contributed by atoms with Crippen LogP contribution in [0.2, 0.25) is 5.02 Å². The first-order chi connectivity index (χ1) is 9.99. The summed E-state index contributed by atoms with van der Waals surface area (Å²) in [5.41, 5.74) is -0.905. The van der Waals surface area contributed by atoms with E-state index in [9.17, 15) is 14.4 Å². The number of hydrogen-bond acceptors (Lipinski definition) is 4. The van der Waals surface area contributed by atoms with Crippen LogP contribution < -0.4 is 15.0 Å². The zero-order valence-corrected chi connectivity index (χ0v) is 12.1. The summed E-state index contributed by atoms with van der Waals surface area (Å²) in [6.07, 6.45) is 1.68. The Labute approximate surface area is 126 Å². The quantitative estimate of drug-likeness (QED) is 0.849. The first kappa shape index (κ1) is 13.9. The average molecular weight is 309 g/mol. The minimum absolute atomic E-state index is 0.220. The third kappa shape index (κ3) is 1.90. The smallest absolute Gasteiger partial charge is 0.335 e. The van der Waals surface area contributed by atoms with E-state index in [0.29, 0.717) is 18.6 Å². The number of nitrogens with one attached hydrogen (secondary N) is 1. The van der Waals surface area contributed by atoms with E-state index in [-0.39, 0.29) is 10.7 Å². The predicted octanol–water partition coefficient (Wildman–Crippen LogP) is 2.10. The Morgan fingerprint density at radius 3 is 2.57 bits per heavy atom. The minimum atomic E-state index is -1.12. The third-order valence-corrected chi connectivity index (χ3v) is 4.39. The van der Waals surface area contributed by atoms with Crippen molar-refractivity contribution in [1.82, 2.24) is 5.32 Å². The maximum Gasteiger partial charge on any atom is 0.335 e. The van der Waals surface area contributed by atoms with E-state index < -0.39 is 23.3 Å². The standard InChI is InChI=1S/C14H13ClN2O4/c1-21-8-3-4-9(15)10(7-8)17-12(19)14(5-2-6-14)11(18)16-13(17)20/h3-4,7H,2,5-6H2,1H3,(H,16,18,20). The van der Waals surface area contributed by atoms with Crippen molar-refractivity contribution in [2.24, 2.45) is 5.41 Å². The Balaban J connectivity index is 2.06. The van der Waals surface area contributed by atoms with E-state index in [1.807, 2.05) is 0 Å². The molecule has 1 aromatic rings. The topological polar surface area (TPSA) is 75.7 Å². The zero-order chi connectivity index (χ0) is 15.2. The Kier molecular flexibility index (Phi) is 3.13. The van der Waals surface area contributed by atoms with Gasteiger partial charge in [0.1, 0.15) is 11.2 Å². The number of imide groups is 2. The van der Waals surface area contributed by atoms with Crippen molar-refractivity contribution >= 4 is 35.1 Å².